The molecule has 0 heterocycles. The molecular formula is C16H17ClN2O4S. The molecule has 2 rings (SSSR count). The number of sulfonamides is 1. The van der Waals surface area contributed by atoms with Crippen LogP contribution in [0, 0.1) is 0 Å². The van der Waals surface area contributed by atoms with Crippen LogP contribution in [0.2, 0.25) is 5.02 Å². The van der Waals surface area contributed by atoms with Gasteiger partial charge in [-0.1, -0.05) is 17.7 Å². The van der Waals surface area contributed by atoms with Gasteiger partial charge >= 0.3 is 0 Å². The fourth-order valence-electron chi connectivity index (χ4n) is 2.01. The molecule has 0 aliphatic rings. The Bertz CT molecular complexity index is 853. The number of benzene rings is 2. The Balaban J connectivity index is 2.37. The zero-order valence-electron chi connectivity index (χ0n) is 13.2. The Kier molecular flexibility index (Phi) is 5.69. The van der Waals surface area contributed by atoms with Gasteiger partial charge in [0.25, 0.3) is 10.0 Å². The number of hydrogen-bond acceptors (Lipinski definition) is 4. The van der Waals surface area contributed by atoms with Gasteiger partial charge in [0.15, 0.2) is 0 Å². The average Bonchev–Trinajstić information content (AvgIpc) is 2.48. The number of rotatable bonds is 6. The van der Waals surface area contributed by atoms with Gasteiger partial charge in [-0.15, -0.1) is 0 Å². The first-order valence-corrected chi connectivity index (χ1v) is 9.01. The van der Waals surface area contributed by atoms with Crippen LogP contribution in [0.4, 0.5) is 11.4 Å². The van der Waals surface area contributed by atoms with E-state index in [1.807, 2.05) is 0 Å². The lowest BCUT2D eigenvalue weighted by Crippen LogP contribution is -2.14. The van der Waals surface area contributed by atoms with Crippen LogP contribution in [0.25, 0.3) is 0 Å². The normalized spacial score (nSPS) is 11.0. The van der Waals surface area contributed by atoms with Crippen LogP contribution < -0.4 is 14.8 Å². The molecule has 0 atom stereocenters. The zero-order valence-corrected chi connectivity index (χ0v) is 14.7. The lowest BCUT2D eigenvalue weighted by Gasteiger charge is -2.13. The van der Waals surface area contributed by atoms with Crippen LogP contribution in [0.1, 0.15) is 13.8 Å². The number of amides is 1. The predicted molar refractivity (Wildman–Crippen MR) is 94.2 cm³/mol. The van der Waals surface area contributed by atoms with Crippen molar-refractivity contribution >= 4 is 38.9 Å². The van der Waals surface area contributed by atoms with Crippen LogP contribution in [0.5, 0.6) is 5.75 Å². The number of anilines is 2. The minimum Gasteiger partial charge on any atom is -0.492 e. The Hall–Kier alpha value is -2.25. The SMILES string of the molecule is CCOc1ccc(S(=O)(=O)Nc2cccc(Cl)c2)cc1NC(C)=O. The summed E-state index contributed by atoms with van der Waals surface area (Å²) in [5.74, 6) is 0.0720. The van der Waals surface area contributed by atoms with Crippen molar-refractivity contribution in [2.45, 2.75) is 18.7 Å². The summed E-state index contributed by atoms with van der Waals surface area (Å²) in [7, 11) is -3.84. The highest BCUT2D eigenvalue weighted by atomic mass is 35.5. The van der Waals surface area contributed by atoms with Crippen LogP contribution in [0.15, 0.2) is 47.4 Å². The lowest BCUT2D eigenvalue weighted by atomic mass is 10.3. The standard InChI is InChI=1S/C16H17ClN2O4S/c1-3-23-16-8-7-14(10-15(16)18-11(2)20)24(21,22)19-13-6-4-5-12(17)9-13/h4-10,19H,3H2,1-2H3,(H,18,20). The van der Waals surface area contributed by atoms with Crippen molar-refractivity contribution < 1.29 is 17.9 Å². The third kappa shape index (κ3) is 4.62. The zero-order chi connectivity index (χ0) is 17.7. The van der Waals surface area contributed by atoms with E-state index in [4.69, 9.17) is 16.3 Å². The fourth-order valence-corrected chi connectivity index (χ4v) is 3.28. The number of nitrogens with one attached hydrogen (secondary N) is 2. The van der Waals surface area contributed by atoms with E-state index < -0.39 is 10.0 Å². The molecule has 2 N–H and O–H groups in total. The number of ether oxygens (including phenoxy) is 1. The first kappa shape index (κ1) is 18.1. The molecule has 2 aromatic rings. The molecular weight excluding hydrogens is 352 g/mol. The van der Waals surface area contributed by atoms with Crippen LogP contribution in [0.3, 0.4) is 0 Å². The highest BCUT2D eigenvalue weighted by Crippen LogP contribution is 2.29. The molecule has 128 valence electrons. The first-order valence-electron chi connectivity index (χ1n) is 7.14. The summed E-state index contributed by atoms with van der Waals surface area (Å²) in [6.45, 7) is 3.52. The molecule has 1 amide bonds. The molecule has 8 heteroatoms. The second-order valence-electron chi connectivity index (χ2n) is 4.89. The smallest absolute Gasteiger partial charge is 0.261 e. The van der Waals surface area contributed by atoms with Crippen molar-refractivity contribution in [3.8, 4) is 5.75 Å². The van der Waals surface area contributed by atoms with Gasteiger partial charge in [0.05, 0.1) is 22.9 Å². The van der Waals surface area contributed by atoms with Crippen LogP contribution >= 0.6 is 11.6 Å². The van der Waals surface area contributed by atoms with Crippen molar-refractivity contribution in [3.05, 3.63) is 47.5 Å². The quantitative estimate of drug-likeness (QED) is 0.817. The summed E-state index contributed by atoms with van der Waals surface area (Å²) in [6, 6.07) is 10.6. The molecule has 0 aromatic heterocycles. The van der Waals surface area contributed by atoms with E-state index in [0.29, 0.717) is 28.8 Å². The monoisotopic (exact) mass is 368 g/mol. The molecule has 0 aliphatic heterocycles. The van der Waals surface area contributed by atoms with Gasteiger partial charge in [-0.25, -0.2) is 8.42 Å². The van der Waals surface area contributed by atoms with Crippen molar-refractivity contribution in [2.75, 3.05) is 16.6 Å². The maximum absolute atomic E-state index is 12.5. The van der Waals surface area contributed by atoms with Gasteiger partial charge in [0.1, 0.15) is 5.75 Å². The molecule has 0 unspecified atom stereocenters. The van der Waals surface area contributed by atoms with Crippen molar-refractivity contribution in [1.82, 2.24) is 0 Å². The minimum atomic E-state index is -3.84. The second-order valence-corrected chi connectivity index (χ2v) is 7.01. The largest absolute Gasteiger partial charge is 0.492 e. The maximum atomic E-state index is 12.5. The highest BCUT2D eigenvalue weighted by molar-refractivity contribution is 7.92. The molecule has 0 saturated carbocycles. The molecule has 0 bridgehead atoms. The molecule has 0 radical (unpaired) electrons. The van der Waals surface area contributed by atoms with Crippen LogP contribution in [-0.4, -0.2) is 20.9 Å². The van der Waals surface area contributed by atoms with E-state index in [1.165, 1.54) is 31.2 Å². The van der Waals surface area contributed by atoms with Gasteiger partial charge < -0.3 is 10.1 Å². The number of carbonyl (C=O) groups is 1. The number of halogens is 1. The molecule has 2 aromatic carbocycles. The van der Waals surface area contributed by atoms with Gasteiger partial charge in [-0.2, -0.15) is 0 Å². The predicted octanol–water partition coefficient (Wildman–Crippen LogP) is 3.50. The minimum absolute atomic E-state index is 0.00493. The van der Waals surface area contributed by atoms with Gasteiger partial charge in [-0.3, -0.25) is 9.52 Å². The molecule has 0 fully saturated rings. The Morgan fingerprint density at radius 3 is 2.58 bits per heavy atom. The van der Waals surface area contributed by atoms with E-state index in [9.17, 15) is 13.2 Å². The summed E-state index contributed by atoms with van der Waals surface area (Å²) in [6.07, 6.45) is 0. The molecule has 0 aliphatic carbocycles. The first-order chi connectivity index (χ1) is 11.3. The molecule has 0 spiro atoms. The van der Waals surface area contributed by atoms with E-state index in [1.54, 1.807) is 25.1 Å². The van der Waals surface area contributed by atoms with E-state index in [2.05, 4.69) is 10.0 Å². The van der Waals surface area contributed by atoms with E-state index in [-0.39, 0.29) is 10.8 Å². The maximum Gasteiger partial charge on any atom is 0.261 e. The Labute approximate surface area is 145 Å². The third-order valence-electron chi connectivity index (χ3n) is 2.95. The van der Waals surface area contributed by atoms with E-state index in [0.717, 1.165) is 0 Å². The third-order valence-corrected chi connectivity index (χ3v) is 4.56. The molecule has 0 saturated heterocycles. The van der Waals surface area contributed by atoms with Gasteiger partial charge in [0.2, 0.25) is 5.91 Å². The fraction of sp³-hybridized carbons (Fsp3) is 0.188. The number of carbonyl (C=O) groups excluding carboxylic acids is 1. The summed E-state index contributed by atoms with van der Waals surface area (Å²) in [5, 5.41) is 2.98. The second kappa shape index (κ2) is 7.55. The van der Waals surface area contributed by atoms with Crippen molar-refractivity contribution in [1.29, 1.82) is 0 Å². The average molecular weight is 369 g/mol. The topological polar surface area (TPSA) is 84.5 Å². The number of hydrogen-bond donors (Lipinski definition) is 2. The Morgan fingerprint density at radius 1 is 1.21 bits per heavy atom. The summed E-state index contributed by atoms with van der Waals surface area (Å²) in [4.78, 5) is 11.3. The van der Waals surface area contributed by atoms with Gasteiger partial charge in [-0.05, 0) is 43.3 Å². The summed E-state index contributed by atoms with van der Waals surface area (Å²) >= 11 is 5.86. The summed E-state index contributed by atoms with van der Waals surface area (Å²) < 4.78 is 32.9. The van der Waals surface area contributed by atoms with Crippen molar-refractivity contribution in [2.24, 2.45) is 0 Å². The van der Waals surface area contributed by atoms with E-state index >= 15 is 0 Å². The molecule has 24 heavy (non-hydrogen) atoms. The van der Waals surface area contributed by atoms with Gasteiger partial charge in [0, 0.05) is 11.9 Å². The summed E-state index contributed by atoms with van der Waals surface area (Å²) in [5.41, 5.74) is 0.635. The van der Waals surface area contributed by atoms with Crippen molar-refractivity contribution in [3.63, 3.8) is 0 Å². The van der Waals surface area contributed by atoms with Crippen LogP contribution in [-0.2, 0) is 14.8 Å². The Morgan fingerprint density at radius 2 is 1.96 bits per heavy atom. The lowest BCUT2D eigenvalue weighted by molar-refractivity contribution is -0.114. The highest BCUT2D eigenvalue weighted by Gasteiger charge is 2.17. The molecule has 6 nitrogen and oxygen atoms in total.